The van der Waals surface area contributed by atoms with Crippen LogP contribution in [-0.4, -0.2) is 22.2 Å². The van der Waals surface area contributed by atoms with Gasteiger partial charge >= 0.3 is 11.9 Å². The molecule has 0 bridgehead atoms. The Kier molecular flexibility index (Phi) is 7.08. The first kappa shape index (κ1) is 16.6. The fourth-order valence-corrected chi connectivity index (χ4v) is 1.29. The zero-order chi connectivity index (χ0) is 16.2. The molecule has 2 aromatic rings. The number of aliphatic carboxylic acids is 2. The van der Waals surface area contributed by atoms with Crippen molar-refractivity contribution in [3.8, 4) is 23.7 Å². The molecule has 4 nitrogen and oxygen atoms in total. The summed E-state index contributed by atoms with van der Waals surface area (Å²) in [6.07, 6.45) is 0. The van der Waals surface area contributed by atoms with Crippen LogP contribution >= 0.6 is 0 Å². The molecular weight excluding hydrogens is 280 g/mol. The molecule has 4 heteroatoms. The maximum Gasteiger partial charge on any atom is 0.382 e. The van der Waals surface area contributed by atoms with Crippen LogP contribution in [-0.2, 0) is 9.59 Å². The molecule has 22 heavy (non-hydrogen) atoms. The van der Waals surface area contributed by atoms with E-state index in [0.29, 0.717) is 0 Å². The number of carboxylic acids is 2. The van der Waals surface area contributed by atoms with Crippen LogP contribution in [0.1, 0.15) is 11.1 Å². The predicted molar refractivity (Wildman–Crippen MR) is 81.9 cm³/mol. The molecule has 0 aliphatic heterocycles. The van der Waals surface area contributed by atoms with Crippen molar-refractivity contribution in [2.75, 3.05) is 0 Å². The van der Waals surface area contributed by atoms with E-state index in [-0.39, 0.29) is 0 Å². The first-order valence-electron chi connectivity index (χ1n) is 6.18. The van der Waals surface area contributed by atoms with Crippen molar-refractivity contribution in [2.45, 2.75) is 0 Å². The van der Waals surface area contributed by atoms with Crippen LogP contribution in [0.5, 0.6) is 0 Å². The van der Waals surface area contributed by atoms with E-state index in [4.69, 9.17) is 10.2 Å². The minimum atomic E-state index is -1.10. The lowest BCUT2D eigenvalue weighted by molar-refractivity contribution is -0.131. The molecule has 0 heterocycles. The average molecular weight is 292 g/mol. The first-order chi connectivity index (χ1) is 10.6. The van der Waals surface area contributed by atoms with Crippen LogP contribution in [0.4, 0.5) is 0 Å². The van der Waals surface area contributed by atoms with Crippen molar-refractivity contribution in [1.82, 2.24) is 0 Å². The van der Waals surface area contributed by atoms with Crippen molar-refractivity contribution >= 4 is 11.9 Å². The third kappa shape index (κ3) is 7.83. The van der Waals surface area contributed by atoms with E-state index in [1.165, 1.54) is 0 Å². The Morgan fingerprint density at radius 2 is 0.955 bits per heavy atom. The van der Waals surface area contributed by atoms with Gasteiger partial charge in [0.1, 0.15) is 0 Å². The molecule has 0 spiro atoms. The molecule has 0 radical (unpaired) electrons. The summed E-state index contributed by atoms with van der Waals surface area (Å²) in [5, 5.41) is 16.4. The van der Waals surface area contributed by atoms with Gasteiger partial charge in [-0.1, -0.05) is 48.2 Å². The number of rotatable bonds is 0. The van der Waals surface area contributed by atoms with Gasteiger partial charge in [-0.3, -0.25) is 0 Å². The van der Waals surface area contributed by atoms with Gasteiger partial charge in [-0.25, -0.2) is 9.59 Å². The molecular formula is C18H12O4. The summed E-state index contributed by atoms with van der Waals surface area (Å²) >= 11 is 0. The molecule has 2 N–H and O–H groups in total. The highest BCUT2D eigenvalue weighted by Gasteiger charge is 1.85. The molecule has 0 fully saturated rings. The van der Waals surface area contributed by atoms with Crippen LogP contribution in [0, 0.1) is 23.7 Å². The smallest absolute Gasteiger partial charge is 0.382 e. The van der Waals surface area contributed by atoms with Crippen molar-refractivity contribution < 1.29 is 19.8 Å². The van der Waals surface area contributed by atoms with Crippen LogP contribution in [0.15, 0.2) is 60.7 Å². The van der Waals surface area contributed by atoms with Gasteiger partial charge in [0.05, 0.1) is 0 Å². The molecule has 0 amide bonds. The second-order valence-corrected chi connectivity index (χ2v) is 3.84. The lowest BCUT2D eigenvalue weighted by atomic mass is 10.2. The molecule has 2 rings (SSSR count). The second-order valence-electron chi connectivity index (χ2n) is 3.84. The Bertz CT molecular complexity index is 674. The average Bonchev–Trinajstić information content (AvgIpc) is 2.53. The lowest BCUT2D eigenvalue weighted by Gasteiger charge is -1.83. The van der Waals surface area contributed by atoms with Crippen molar-refractivity contribution in [3.05, 3.63) is 71.8 Å². The summed E-state index contributed by atoms with van der Waals surface area (Å²) in [4.78, 5) is 20.0. The molecule has 0 saturated heterocycles. The number of benzene rings is 2. The Labute approximate surface area is 128 Å². The minimum Gasteiger partial charge on any atom is -0.472 e. The number of hydrogen-bond donors (Lipinski definition) is 2. The van der Waals surface area contributed by atoms with Crippen LogP contribution < -0.4 is 0 Å². The van der Waals surface area contributed by atoms with Gasteiger partial charge < -0.3 is 10.2 Å². The van der Waals surface area contributed by atoms with Gasteiger partial charge in [-0.05, 0) is 24.3 Å². The number of carbonyl (C=O) groups is 2. The van der Waals surface area contributed by atoms with Crippen LogP contribution in [0.3, 0.4) is 0 Å². The molecule has 0 saturated carbocycles. The third-order valence-corrected chi connectivity index (χ3v) is 2.18. The second kappa shape index (κ2) is 9.41. The molecule has 2 aromatic carbocycles. The summed E-state index contributed by atoms with van der Waals surface area (Å²) in [5.41, 5.74) is 1.44. The highest BCUT2D eigenvalue weighted by atomic mass is 16.4. The van der Waals surface area contributed by atoms with Crippen LogP contribution in [0.2, 0.25) is 0 Å². The van der Waals surface area contributed by atoms with Gasteiger partial charge in [-0.2, -0.15) is 0 Å². The zero-order valence-electron chi connectivity index (χ0n) is 11.5. The SMILES string of the molecule is O=C(O)C#Cc1ccccc1.O=C(O)C#Cc1ccccc1. The fraction of sp³-hybridized carbons (Fsp3) is 0. The Morgan fingerprint density at radius 1 is 0.636 bits per heavy atom. The molecule has 0 atom stereocenters. The van der Waals surface area contributed by atoms with E-state index in [1.807, 2.05) is 48.2 Å². The largest absolute Gasteiger partial charge is 0.472 e. The zero-order valence-corrected chi connectivity index (χ0v) is 11.5. The van der Waals surface area contributed by atoms with E-state index in [1.54, 1.807) is 24.3 Å². The van der Waals surface area contributed by atoms with Gasteiger partial charge in [0.2, 0.25) is 0 Å². The quantitative estimate of drug-likeness (QED) is 0.730. The maximum absolute atomic E-state index is 10.00. The van der Waals surface area contributed by atoms with Gasteiger partial charge in [0, 0.05) is 23.0 Å². The lowest BCUT2D eigenvalue weighted by Crippen LogP contribution is -1.86. The fourth-order valence-electron chi connectivity index (χ4n) is 1.29. The predicted octanol–water partition coefficient (Wildman–Crippen LogP) is 2.25. The number of carboxylic acid groups (broad SMARTS) is 2. The van der Waals surface area contributed by atoms with Crippen molar-refractivity contribution in [2.24, 2.45) is 0 Å². The summed E-state index contributed by atoms with van der Waals surface area (Å²) in [6, 6.07) is 18.0. The van der Waals surface area contributed by atoms with E-state index in [2.05, 4.69) is 11.8 Å². The maximum atomic E-state index is 10.00. The normalized spacial score (nSPS) is 8.00. The summed E-state index contributed by atoms with van der Waals surface area (Å²) in [6.45, 7) is 0. The molecule has 0 unspecified atom stereocenters. The van der Waals surface area contributed by atoms with Crippen molar-refractivity contribution in [3.63, 3.8) is 0 Å². The Balaban J connectivity index is 0.000000220. The highest BCUT2D eigenvalue weighted by Crippen LogP contribution is 1.94. The van der Waals surface area contributed by atoms with Gasteiger partial charge in [0.15, 0.2) is 0 Å². The van der Waals surface area contributed by atoms with Gasteiger partial charge in [0.25, 0.3) is 0 Å². The summed E-state index contributed by atoms with van der Waals surface area (Å²) < 4.78 is 0. The molecule has 0 aromatic heterocycles. The topological polar surface area (TPSA) is 74.6 Å². The van der Waals surface area contributed by atoms with E-state index in [0.717, 1.165) is 11.1 Å². The third-order valence-electron chi connectivity index (χ3n) is 2.18. The summed E-state index contributed by atoms with van der Waals surface area (Å²) in [5.74, 6) is 6.84. The number of hydrogen-bond acceptors (Lipinski definition) is 2. The van der Waals surface area contributed by atoms with E-state index < -0.39 is 11.9 Å². The van der Waals surface area contributed by atoms with E-state index >= 15 is 0 Å². The minimum absolute atomic E-state index is 0.718. The Morgan fingerprint density at radius 3 is 1.23 bits per heavy atom. The van der Waals surface area contributed by atoms with E-state index in [9.17, 15) is 9.59 Å². The monoisotopic (exact) mass is 292 g/mol. The molecule has 0 aliphatic carbocycles. The standard InChI is InChI=1S/2C9H6O2/c2*10-9(11)7-6-8-4-2-1-3-5-8/h2*1-5H,(H,10,11). The Hall–Kier alpha value is -3.50. The van der Waals surface area contributed by atoms with Gasteiger partial charge in [-0.15, -0.1) is 0 Å². The van der Waals surface area contributed by atoms with Crippen molar-refractivity contribution in [1.29, 1.82) is 0 Å². The van der Waals surface area contributed by atoms with Crippen LogP contribution in [0.25, 0.3) is 0 Å². The highest BCUT2D eigenvalue weighted by molar-refractivity contribution is 5.87. The molecule has 0 aliphatic rings. The first-order valence-corrected chi connectivity index (χ1v) is 6.18. The summed E-state index contributed by atoms with van der Waals surface area (Å²) in [7, 11) is 0. The molecule has 108 valence electrons.